The maximum Gasteiger partial charge on any atom is 0.411 e. The van der Waals surface area contributed by atoms with Crippen molar-refractivity contribution < 1.29 is 23.0 Å². The third-order valence-electron chi connectivity index (χ3n) is 2.77. The highest BCUT2D eigenvalue weighted by atomic mass is 19.4. The first-order valence-corrected chi connectivity index (χ1v) is 6.78. The van der Waals surface area contributed by atoms with Crippen molar-refractivity contribution in [2.24, 2.45) is 4.99 Å². The molecule has 1 aliphatic heterocycles. The Kier molecular flexibility index (Phi) is 7.08. The van der Waals surface area contributed by atoms with Crippen LogP contribution in [0.4, 0.5) is 13.2 Å². The van der Waals surface area contributed by atoms with Crippen molar-refractivity contribution in [2.75, 3.05) is 39.4 Å². The van der Waals surface area contributed by atoms with E-state index in [1.807, 2.05) is 11.8 Å². The van der Waals surface area contributed by atoms with Gasteiger partial charge in [0.25, 0.3) is 0 Å². The van der Waals surface area contributed by atoms with Crippen LogP contribution in [0.1, 0.15) is 19.8 Å². The molecule has 0 radical (unpaired) electrons. The van der Waals surface area contributed by atoms with Gasteiger partial charge in [-0.15, -0.1) is 0 Å². The van der Waals surface area contributed by atoms with E-state index in [0.29, 0.717) is 38.4 Å². The van der Waals surface area contributed by atoms with E-state index in [0.717, 1.165) is 6.54 Å². The topological polar surface area (TPSA) is 57.1 Å². The standard InChI is InChI=1S/C12H22F3N3O2/c1-2-16-11(18-6-4-10(19)8-18)17-5-3-7-20-9-12(13,14)15/h10,19H,2-9H2,1H3,(H,16,17)/t10-/m1/s1. The molecule has 118 valence electrons. The molecular weight excluding hydrogens is 275 g/mol. The summed E-state index contributed by atoms with van der Waals surface area (Å²) in [4.78, 5) is 6.27. The van der Waals surface area contributed by atoms with Crippen LogP contribution >= 0.6 is 0 Å². The fraction of sp³-hybridized carbons (Fsp3) is 0.917. The molecule has 1 saturated heterocycles. The average Bonchev–Trinajstić information content (AvgIpc) is 2.77. The number of hydrogen-bond acceptors (Lipinski definition) is 3. The van der Waals surface area contributed by atoms with Gasteiger partial charge in [-0.2, -0.15) is 13.2 Å². The van der Waals surface area contributed by atoms with E-state index in [-0.39, 0.29) is 12.7 Å². The first-order chi connectivity index (χ1) is 9.42. The van der Waals surface area contributed by atoms with Crippen molar-refractivity contribution >= 4 is 5.96 Å². The second-order valence-electron chi connectivity index (χ2n) is 4.65. The van der Waals surface area contributed by atoms with E-state index in [4.69, 9.17) is 0 Å². The molecule has 0 spiro atoms. The Morgan fingerprint density at radius 1 is 1.50 bits per heavy atom. The third-order valence-corrected chi connectivity index (χ3v) is 2.77. The zero-order chi connectivity index (χ0) is 15.0. The minimum atomic E-state index is -4.27. The van der Waals surface area contributed by atoms with Gasteiger partial charge < -0.3 is 20.1 Å². The highest BCUT2D eigenvalue weighted by molar-refractivity contribution is 5.80. The molecule has 1 aliphatic rings. The molecule has 5 nitrogen and oxygen atoms in total. The highest BCUT2D eigenvalue weighted by Gasteiger charge is 2.27. The lowest BCUT2D eigenvalue weighted by atomic mass is 10.3. The van der Waals surface area contributed by atoms with Crippen LogP contribution in [0, 0.1) is 0 Å². The molecule has 0 amide bonds. The Morgan fingerprint density at radius 3 is 2.80 bits per heavy atom. The summed E-state index contributed by atoms with van der Waals surface area (Å²) in [5.74, 6) is 0.694. The summed E-state index contributed by atoms with van der Waals surface area (Å²) in [5, 5.41) is 12.6. The molecule has 1 atom stereocenters. The fourth-order valence-corrected chi connectivity index (χ4v) is 1.90. The Balaban J connectivity index is 2.25. The van der Waals surface area contributed by atoms with Gasteiger partial charge in [0.05, 0.1) is 6.10 Å². The molecule has 0 unspecified atom stereocenters. The molecule has 2 N–H and O–H groups in total. The number of guanidine groups is 1. The number of ether oxygens (including phenoxy) is 1. The van der Waals surface area contributed by atoms with Crippen LogP contribution in [0.3, 0.4) is 0 Å². The maximum atomic E-state index is 11.8. The molecule has 8 heteroatoms. The molecule has 1 heterocycles. The van der Waals surface area contributed by atoms with Crippen LogP contribution < -0.4 is 5.32 Å². The maximum absolute atomic E-state index is 11.8. The number of aliphatic imine (C=N–C) groups is 1. The van der Waals surface area contributed by atoms with Gasteiger partial charge in [-0.05, 0) is 19.8 Å². The number of alkyl halides is 3. The van der Waals surface area contributed by atoms with Crippen LogP contribution in [0.5, 0.6) is 0 Å². The average molecular weight is 297 g/mol. The zero-order valence-electron chi connectivity index (χ0n) is 11.6. The monoisotopic (exact) mass is 297 g/mol. The summed E-state index contributed by atoms with van der Waals surface area (Å²) < 4.78 is 40.0. The number of rotatable bonds is 6. The molecule has 0 saturated carbocycles. The zero-order valence-corrected chi connectivity index (χ0v) is 11.6. The first kappa shape index (κ1) is 17.0. The van der Waals surface area contributed by atoms with Crippen LogP contribution in [0.25, 0.3) is 0 Å². The molecule has 0 aromatic carbocycles. The minimum Gasteiger partial charge on any atom is -0.391 e. The van der Waals surface area contributed by atoms with Gasteiger partial charge in [-0.25, -0.2) is 0 Å². The number of hydrogen-bond donors (Lipinski definition) is 2. The number of β-amino-alcohol motifs (C(OH)–C–C–N with tert-alkyl or cyclic N) is 1. The van der Waals surface area contributed by atoms with E-state index >= 15 is 0 Å². The molecule has 0 aliphatic carbocycles. The van der Waals surface area contributed by atoms with Crippen LogP contribution in [0.2, 0.25) is 0 Å². The quantitative estimate of drug-likeness (QED) is 0.436. The second kappa shape index (κ2) is 8.31. The predicted molar refractivity (Wildman–Crippen MR) is 69.7 cm³/mol. The van der Waals surface area contributed by atoms with Crippen molar-refractivity contribution in [3.05, 3.63) is 0 Å². The highest BCUT2D eigenvalue weighted by Crippen LogP contribution is 2.14. The van der Waals surface area contributed by atoms with Crippen molar-refractivity contribution in [1.82, 2.24) is 10.2 Å². The first-order valence-electron chi connectivity index (χ1n) is 6.78. The van der Waals surface area contributed by atoms with E-state index in [2.05, 4.69) is 15.0 Å². The number of aliphatic hydroxyl groups is 1. The smallest absolute Gasteiger partial charge is 0.391 e. The number of aliphatic hydroxyl groups excluding tert-OH is 1. The van der Waals surface area contributed by atoms with Crippen molar-refractivity contribution in [2.45, 2.75) is 32.0 Å². The van der Waals surface area contributed by atoms with Gasteiger partial charge >= 0.3 is 6.18 Å². The van der Waals surface area contributed by atoms with Gasteiger partial charge in [0.2, 0.25) is 0 Å². The van der Waals surface area contributed by atoms with Crippen molar-refractivity contribution in [3.8, 4) is 0 Å². The Hall–Kier alpha value is -1.02. The van der Waals surface area contributed by atoms with E-state index < -0.39 is 12.8 Å². The molecule has 1 fully saturated rings. The van der Waals surface area contributed by atoms with Gasteiger partial charge in [0.1, 0.15) is 6.61 Å². The molecule has 0 aromatic heterocycles. The lowest BCUT2D eigenvalue weighted by molar-refractivity contribution is -0.173. The lowest BCUT2D eigenvalue weighted by Crippen LogP contribution is -2.40. The van der Waals surface area contributed by atoms with Crippen LogP contribution in [0.15, 0.2) is 4.99 Å². The van der Waals surface area contributed by atoms with Gasteiger partial charge in [-0.3, -0.25) is 4.99 Å². The summed E-state index contributed by atoms with van der Waals surface area (Å²) in [5.41, 5.74) is 0. The van der Waals surface area contributed by atoms with Crippen LogP contribution in [-0.2, 0) is 4.74 Å². The summed E-state index contributed by atoms with van der Waals surface area (Å²) >= 11 is 0. The normalized spacial score (nSPS) is 20.6. The van der Waals surface area contributed by atoms with Crippen molar-refractivity contribution in [1.29, 1.82) is 0 Å². The van der Waals surface area contributed by atoms with E-state index in [9.17, 15) is 18.3 Å². The summed E-state index contributed by atoms with van der Waals surface area (Å²) in [7, 11) is 0. The molecular formula is C12H22F3N3O2. The summed E-state index contributed by atoms with van der Waals surface area (Å²) in [6.07, 6.45) is -3.47. The van der Waals surface area contributed by atoms with Crippen LogP contribution in [-0.4, -0.2) is 67.6 Å². The largest absolute Gasteiger partial charge is 0.411 e. The summed E-state index contributed by atoms with van der Waals surface area (Å²) in [6, 6.07) is 0. The van der Waals surface area contributed by atoms with Gasteiger partial charge in [0, 0.05) is 32.8 Å². The second-order valence-corrected chi connectivity index (χ2v) is 4.65. The molecule has 0 bridgehead atoms. The third kappa shape index (κ3) is 6.95. The minimum absolute atomic E-state index is 0.0328. The summed E-state index contributed by atoms with van der Waals surface area (Å²) in [6.45, 7) is 3.13. The lowest BCUT2D eigenvalue weighted by Gasteiger charge is -2.20. The molecule has 0 aromatic rings. The number of nitrogens with one attached hydrogen (secondary N) is 1. The van der Waals surface area contributed by atoms with E-state index in [1.54, 1.807) is 0 Å². The SMILES string of the molecule is CCNC(=NCCCOCC(F)(F)F)N1CC[C@@H](O)C1. The number of likely N-dealkylation sites (tertiary alicyclic amines) is 1. The van der Waals surface area contributed by atoms with Crippen molar-refractivity contribution in [3.63, 3.8) is 0 Å². The number of halogens is 3. The number of nitrogens with zero attached hydrogens (tertiary/aromatic N) is 2. The Labute approximate surface area is 116 Å². The fourth-order valence-electron chi connectivity index (χ4n) is 1.90. The Bertz CT molecular complexity index is 311. The molecule has 1 rings (SSSR count). The Morgan fingerprint density at radius 2 is 2.25 bits per heavy atom. The predicted octanol–water partition coefficient (Wildman–Crippen LogP) is 0.988. The van der Waals surface area contributed by atoms with E-state index in [1.165, 1.54) is 0 Å². The molecule has 20 heavy (non-hydrogen) atoms. The van der Waals surface area contributed by atoms with Gasteiger partial charge in [-0.1, -0.05) is 0 Å². The van der Waals surface area contributed by atoms with Gasteiger partial charge in [0.15, 0.2) is 5.96 Å².